The molecule has 2 heterocycles. The summed E-state index contributed by atoms with van der Waals surface area (Å²) in [5.74, 6) is 0.974. The Balaban J connectivity index is 1.72. The summed E-state index contributed by atoms with van der Waals surface area (Å²) in [5, 5.41) is 0.526. The molecule has 6 nitrogen and oxygen atoms in total. The van der Waals surface area contributed by atoms with Gasteiger partial charge in [-0.15, -0.1) is 0 Å². The molecule has 0 aliphatic heterocycles. The molecule has 3 aromatic carbocycles. The fourth-order valence-electron chi connectivity index (χ4n) is 4.51. The average molecular weight is 478 g/mol. The van der Waals surface area contributed by atoms with E-state index in [0.717, 1.165) is 11.1 Å². The van der Waals surface area contributed by atoms with Gasteiger partial charge in [0, 0.05) is 5.56 Å². The first kappa shape index (κ1) is 23.3. The molecular weight excluding hydrogens is 450 g/mol. The minimum Gasteiger partial charge on any atom is -0.467 e. The Morgan fingerprint density at radius 3 is 2.50 bits per heavy atom. The van der Waals surface area contributed by atoms with Crippen molar-refractivity contribution in [1.29, 1.82) is 0 Å². The molecule has 1 atom stereocenters. The van der Waals surface area contributed by atoms with Crippen LogP contribution in [0.2, 0.25) is 0 Å². The lowest BCUT2D eigenvalue weighted by Gasteiger charge is -2.30. The number of benzene rings is 3. The average Bonchev–Trinajstić information content (AvgIpc) is 3.40. The van der Waals surface area contributed by atoms with Crippen LogP contribution in [-0.2, 0) is 6.54 Å². The summed E-state index contributed by atoms with van der Waals surface area (Å²) in [7, 11) is 0. The van der Waals surface area contributed by atoms with Crippen LogP contribution in [0.1, 0.15) is 46.0 Å². The number of nitrogens with zero attached hydrogens (tertiary/aromatic N) is 3. The third-order valence-corrected chi connectivity index (χ3v) is 6.45. The quantitative estimate of drug-likeness (QED) is 0.301. The van der Waals surface area contributed by atoms with E-state index >= 15 is 0 Å². The topological polar surface area (TPSA) is 68.3 Å². The molecule has 0 N–H and O–H groups in total. The van der Waals surface area contributed by atoms with E-state index in [1.165, 1.54) is 0 Å². The molecule has 1 amide bonds. The molecule has 36 heavy (non-hydrogen) atoms. The zero-order valence-corrected chi connectivity index (χ0v) is 20.5. The highest BCUT2D eigenvalue weighted by Gasteiger charge is 2.29. The smallest absolute Gasteiger partial charge is 0.266 e. The van der Waals surface area contributed by atoms with Crippen LogP contribution in [-0.4, -0.2) is 20.4 Å². The standard InChI is InChI=1S/C30H27N3O3/c1-20-10-8-12-23(18-20)33-28(31-27-16-7-6-15-26(27)30(33)35)22(3)32(19-24-13-9-17-36-24)29(34)25-14-5-4-11-21(25)2/h4-18,22H,19H2,1-3H3. The van der Waals surface area contributed by atoms with Crippen LogP contribution < -0.4 is 5.56 Å². The van der Waals surface area contributed by atoms with Crippen molar-refractivity contribution in [2.24, 2.45) is 0 Å². The first-order valence-corrected chi connectivity index (χ1v) is 11.9. The van der Waals surface area contributed by atoms with Gasteiger partial charge in [-0.2, -0.15) is 0 Å². The minimum absolute atomic E-state index is 0.157. The maximum absolute atomic E-state index is 13.9. The van der Waals surface area contributed by atoms with Gasteiger partial charge in [0.1, 0.15) is 11.6 Å². The Bertz CT molecular complexity index is 1600. The monoisotopic (exact) mass is 477 g/mol. The molecule has 0 aliphatic carbocycles. The second-order valence-corrected chi connectivity index (χ2v) is 8.97. The van der Waals surface area contributed by atoms with Crippen LogP contribution in [0.3, 0.4) is 0 Å². The number of carbonyl (C=O) groups excluding carboxylic acids is 1. The largest absolute Gasteiger partial charge is 0.467 e. The highest BCUT2D eigenvalue weighted by molar-refractivity contribution is 5.95. The highest BCUT2D eigenvalue weighted by atomic mass is 16.3. The van der Waals surface area contributed by atoms with E-state index in [9.17, 15) is 9.59 Å². The minimum atomic E-state index is -0.542. The number of hydrogen-bond acceptors (Lipinski definition) is 4. The van der Waals surface area contributed by atoms with E-state index in [-0.39, 0.29) is 18.0 Å². The molecule has 0 spiro atoms. The highest BCUT2D eigenvalue weighted by Crippen LogP contribution is 2.27. The van der Waals surface area contributed by atoms with Crippen molar-refractivity contribution in [3.63, 3.8) is 0 Å². The number of para-hydroxylation sites is 1. The molecule has 1 unspecified atom stereocenters. The fourth-order valence-corrected chi connectivity index (χ4v) is 4.51. The maximum Gasteiger partial charge on any atom is 0.266 e. The third kappa shape index (κ3) is 4.33. The van der Waals surface area contributed by atoms with Gasteiger partial charge >= 0.3 is 0 Å². The molecule has 180 valence electrons. The van der Waals surface area contributed by atoms with E-state index < -0.39 is 6.04 Å². The summed E-state index contributed by atoms with van der Waals surface area (Å²) < 4.78 is 7.23. The number of hydrogen-bond donors (Lipinski definition) is 0. The van der Waals surface area contributed by atoms with Gasteiger partial charge < -0.3 is 9.32 Å². The van der Waals surface area contributed by atoms with Crippen molar-refractivity contribution in [2.75, 3.05) is 0 Å². The van der Waals surface area contributed by atoms with Crippen LogP contribution in [0.5, 0.6) is 0 Å². The van der Waals surface area contributed by atoms with Gasteiger partial charge in [0.05, 0.1) is 35.4 Å². The number of aryl methyl sites for hydroxylation is 2. The van der Waals surface area contributed by atoms with Gasteiger partial charge in [-0.3, -0.25) is 14.2 Å². The number of rotatable bonds is 6. The molecule has 6 heteroatoms. The Hall–Kier alpha value is -4.45. The van der Waals surface area contributed by atoms with E-state index in [1.54, 1.807) is 27.9 Å². The first-order valence-electron chi connectivity index (χ1n) is 11.9. The lowest BCUT2D eigenvalue weighted by molar-refractivity contribution is 0.0647. The summed E-state index contributed by atoms with van der Waals surface area (Å²) in [6, 6.07) is 25.6. The summed E-state index contributed by atoms with van der Waals surface area (Å²) in [5.41, 5.74) is 3.63. The van der Waals surface area contributed by atoms with Crippen LogP contribution >= 0.6 is 0 Å². The fraction of sp³-hybridized carbons (Fsp3) is 0.167. The summed E-state index contributed by atoms with van der Waals surface area (Å²) >= 11 is 0. The van der Waals surface area contributed by atoms with Crippen LogP contribution in [0.25, 0.3) is 16.6 Å². The Kier molecular flexibility index (Phi) is 6.25. The molecular formula is C30H27N3O3. The van der Waals surface area contributed by atoms with Crippen molar-refractivity contribution >= 4 is 16.8 Å². The van der Waals surface area contributed by atoms with Gasteiger partial charge in [0.15, 0.2) is 0 Å². The first-order chi connectivity index (χ1) is 17.4. The number of carbonyl (C=O) groups is 1. The van der Waals surface area contributed by atoms with E-state index in [0.29, 0.717) is 33.7 Å². The van der Waals surface area contributed by atoms with E-state index in [1.807, 2.05) is 93.6 Å². The number of aromatic nitrogens is 2. The summed E-state index contributed by atoms with van der Waals surface area (Å²) in [4.78, 5) is 34.4. The Morgan fingerprint density at radius 1 is 0.972 bits per heavy atom. The van der Waals surface area contributed by atoms with E-state index in [4.69, 9.17) is 9.40 Å². The van der Waals surface area contributed by atoms with Gasteiger partial charge in [0.25, 0.3) is 11.5 Å². The van der Waals surface area contributed by atoms with Crippen molar-refractivity contribution in [3.8, 4) is 5.69 Å². The van der Waals surface area contributed by atoms with Gasteiger partial charge in [-0.1, -0.05) is 42.5 Å². The normalized spacial score (nSPS) is 12.0. The Morgan fingerprint density at radius 2 is 1.75 bits per heavy atom. The van der Waals surface area contributed by atoms with Crippen molar-refractivity contribution in [1.82, 2.24) is 14.5 Å². The van der Waals surface area contributed by atoms with Gasteiger partial charge in [-0.25, -0.2) is 4.98 Å². The molecule has 0 fully saturated rings. The zero-order valence-electron chi connectivity index (χ0n) is 20.5. The summed E-state index contributed by atoms with van der Waals surface area (Å²) in [6.07, 6.45) is 1.59. The molecule has 0 aliphatic rings. The molecule has 0 saturated carbocycles. The second kappa shape index (κ2) is 9.66. The van der Waals surface area contributed by atoms with Crippen molar-refractivity contribution in [3.05, 3.63) is 130 Å². The molecule has 5 rings (SSSR count). The number of amides is 1. The summed E-state index contributed by atoms with van der Waals surface area (Å²) in [6.45, 7) is 6.04. The lowest BCUT2D eigenvalue weighted by atomic mass is 10.1. The van der Waals surface area contributed by atoms with Crippen molar-refractivity contribution < 1.29 is 9.21 Å². The maximum atomic E-state index is 13.9. The molecule has 5 aromatic rings. The molecule has 0 saturated heterocycles. The van der Waals surface area contributed by atoms with Crippen LogP contribution in [0, 0.1) is 13.8 Å². The SMILES string of the molecule is Cc1cccc(-n2c(C(C)N(Cc3ccco3)C(=O)c3ccccc3C)nc3ccccc3c2=O)c1. The molecule has 0 radical (unpaired) electrons. The van der Waals surface area contributed by atoms with Crippen LogP contribution in [0.15, 0.2) is 100 Å². The molecule has 2 aromatic heterocycles. The lowest BCUT2D eigenvalue weighted by Crippen LogP contribution is -2.37. The Labute approximate surface area is 209 Å². The van der Waals surface area contributed by atoms with Gasteiger partial charge in [0.2, 0.25) is 0 Å². The zero-order chi connectivity index (χ0) is 25.2. The second-order valence-electron chi connectivity index (χ2n) is 8.97. The number of furan rings is 1. The predicted octanol–water partition coefficient (Wildman–Crippen LogP) is 6.00. The predicted molar refractivity (Wildman–Crippen MR) is 140 cm³/mol. The number of fused-ring (bicyclic) bond motifs is 1. The third-order valence-electron chi connectivity index (χ3n) is 6.45. The van der Waals surface area contributed by atoms with Gasteiger partial charge in [-0.05, 0) is 74.4 Å². The van der Waals surface area contributed by atoms with Crippen molar-refractivity contribution in [2.45, 2.75) is 33.4 Å². The molecule has 0 bridgehead atoms. The van der Waals surface area contributed by atoms with E-state index in [2.05, 4.69) is 0 Å². The van der Waals surface area contributed by atoms with Crippen LogP contribution in [0.4, 0.5) is 0 Å².